The van der Waals surface area contributed by atoms with Gasteiger partial charge in [-0.2, -0.15) is 0 Å². The van der Waals surface area contributed by atoms with Crippen molar-refractivity contribution in [3.8, 4) is 0 Å². The van der Waals surface area contributed by atoms with Gasteiger partial charge < -0.3 is 5.32 Å². The van der Waals surface area contributed by atoms with Crippen LogP contribution in [0, 0.1) is 20.8 Å². The molecule has 0 atom stereocenters. The third kappa shape index (κ3) is 5.89. The molecular formula is C26H27ClN4O. The summed E-state index contributed by atoms with van der Waals surface area (Å²) in [6.45, 7) is 11.8. The molecule has 0 aliphatic rings. The van der Waals surface area contributed by atoms with Gasteiger partial charge in [-0.3, -0.25) is 19.8 Å². The van der Waals surface area contributed by atoms with Crippen molar-refractivity contribution in [2.24, 2.45) is 4.99 Å². The fourth-order valence-corrected chi connectivity index (χ4v) is 3.82. The summed E-state index contributed by atoms with van der Waals surface area (Å²) in [5, 5.41) is 3.67. The first-order valence-electron chi connectivity index (χ1n) is 10.4. The van der Waals surface area contributed by atoms with Crippen LogP contribution < -0.4 is 5.32 Å². The van der Waals surface area contributed by atoms with E-state index in [-0.39, 0.29) is 5.91 Å². The summed E-state index contributed by atoms with van der Waals surface area (Å²) in [7, 11) is 0. The maximum atomic E-state index is 12.8. The van der Waals surface area contributed by atoms with Crippen LogP contribution in [-0.4, -0.2) is 22.6 Å². The molecule has 0 radical (unpaired) electrons. The highest BCUT2D eigenvalue weighted by atomic mass is 35.5. The third-order valence-corrected chi connectivity index (χ3v) is 5.30. The first kappa shape index (κ1) is 23.4. The Morgan fingerprint density at radius 1 is 1.19 bits per heavy atom. The SMILES string of the molecule is C=Nc1ccc(Cc2cc(C(=O)NCc3c(C)cc(C)nc3C)ccn2)cc1/C=C(\C)Cl. The third-order valence-electron chi connectivity index (χ3n) is 5.19. The summed E-state index contributed by atoms with van der Waals surface area (Å²) >= 11 is 6.05. The minimum Gasteiger partial charge on any atom is -0.348 e. The van der Waals surface area contributed by atoms with Crippen molar-refractivity contribution < 1.29 is 4.79 Å². The molecule has 5 nitrogen and oxygen atoms in total. The van der Waals surface area contributed by atoms with Gasteiger partial charge in [-0.05, 0) is 87.5 Å². The number of aromatic nitrogens is 2. The van der Waals surface area contributed by atoms with Crippen molar-refractivity contribution in [1.82, 2.24) is 15.3 Å². The molecule has 6 heteroatoms. The topological polar surface area (TPSA) is 67.2 Å². The predicted molar refractivity (Wildman–Crippen MR) is 132 cm³/mol. The highest BCUT2D eigenvalue weighted by Crippen LogP contribution is 2.25. The molecule has 3 rings (SSSR count). The number of carbonyl (C=O) groups excluding carboxylic acids is 1. The highest BCUT2D eigenvalue weighted by Gasteiger charge is 2.11. The van der Waals surface area contributed by atoms with Crippen molar-refractivity contribution in [3.63, 3.8) is 0 Å². The molecule has 32 heavy (non-hydrogen) atoms. The minimum atomic E-state index is -0.138. The number of halogens is 1. The maximum Gasteiger partial charge on any atom is 0.251 e. The number of allylic oxidation sites excluding steroid dienone is 1. The number of amides is 1. The van der Waals surface area contributed by atoms with Crippen LogP contribution in [0.2, 0.25) is 0 Å². The van der Waals surface area contributed by atoms with Gasteiger partial charge in [0.15, 0.2) is 0 Å². The van der Waals surface area contributed by atoms with Crippen LogP contribution in [0.4, 0.5) is 5.69 Å². The number of hydrogen-bond donors (Lipinski definition) is 1. The number of aliphatic imine (C=N–C) groups is 1. The molecule has 0 spiro atoms. The molecule has 0 saturated heterocycles. The van der Waals surface area contributed by atoms with Gasteiger partial charge in [-0.15, -0.1) is 0 Å². The number of hydrogen-bond acceptors (Lipinski definition) is 4. The molecule has 2 aromatic heterocycles. The Hall–Kier alpha value is -3.31. The summed E-state index contributed by atoms with van der Waals surface area (Å²) < 4.78 is 0. The van der Waals surface area contributed by atoms with Gasteiger partial charge in [0.05, 0.1) is 5.69 Å². The second-order valence-corrected chi connectivity index (χ2v) is 8.42. The average molecular weight is 447 g/mol. The molecule has 0 unspecified atom stereocenters. The zero-order valence-corrected chi connectivity index (χ0v) is 19.6. The van der Waals surface area contributed by atoms with E-state index in [1.54, 1.807) is 12.3 Å². The fraction of sp³-hybridized carbons (Fsp3) is 0.231. The lowest BCUT2D eigenvalue weighted by Gasteiger charge is -2.12. The predicted octanol–water partition coefficient (Wildman–Crippen LogP) is 5.85. The lowest BCUT2D eigenvalue weighted by Crippen LogP contribution is -2.24. The molecule has 0 bridgehead atoms. The molecule has 3 aromatic rings. The molecule has 0 saturated carbocycles. The van der Waals surface area contributed by atoms with E-state index in [9.17, 15) is 4.79 Å². The van der Waals surface area contributed by atoms with E-state index >= 15 is 0 Å². The molecule has 0 aliphatic heterocycles. The van der Waals surface area contributed by atoms with Crippen molar-refractivity contribution in [1.29, 1.82) is 0 Å². The van der Waals surface area contributed by atoms with Crippen LogP contribution in [-0.2, 0) is 13.0 Å². The standard InChI is InChI=1S/C26H27ClN4O/c1-16-10-18(3)31-19(4)24(16)15-30-26(32)21-8-9-29-23(14-21)13-20-6-7-25(28-5)22(12-20)11-17(2)27/h6-12,14H,5,13,15H2,1-4H3,(H,30,32)/b17-11+. The Bertz CT molecular complexity index is 1170. The Labute approximate surface area is 194 Å². The number of aryl methyl sites for hydroxylation is 3. The van der Waals surface area contributed by atoms with E-state index in [0.717, 1.165) is 45.0 Å². The van der Waals surface area contributed by atoms with Gasteiger partial charge in [0, 0.05) is 52.4 Å². The van der Waals surface area contributed by atoms with Gasteiger partial charge in [-0.25, -0.2) is 0 Å². The van der Waals surface area contributed by atoms with E-state index in [0.29, 0.717) is 23.6 Å². The number of nitrogens with one attached hydrogen (secondary N) is 1. The van der Waals surface area contributed by atoms with Crippen molar-refractivity contribution in [2.75, 3.05) is 0 Å². The Morgan fingerprint density at radius 2 is 1.97 bits per heavy atom. The lowest BCUT2D eigenvalue weighted by molar-refractivity contribution is 0.0950. The van der Waals surface area contributed by atoms with E-state index < -0.39 is 0 Å². The van der Waals surface area contributed by atoms with Gasteiger partial charge in [0.2, 0.25) is 0 Å². The van der Waals surface area contributed by atoms with E-state index in [2.05, 4.69) is 27.0 Å². The average Bonchev–Trinajstić information content (AvgIpc) is 2.73. The van der Waals surface area contributed by atoms with Crippen molar-refractivity contribution in [3.05, 3.63) is 92.5 Å². The van der Waals surface area contributed by atoms with Gasteiger partial charge in [0.1, 0.15) is 0 Å². The summed E-state index contributed by atoms with van der Waals surface area (Å²) in [5.74, 6) is -0.138. The zero-order chi connectivity index (χ0) is 23.3. The lowest BCUT2D eigenvalue weighted by atomic mass is 10.0. The number of benzene rings is 1. The number of rotatable bonds is 7. The Morgan fingerprint density at radius 3 is 2.66 bits per heavy atom. The highest BCUT2D eigenvalue weighted by molar-refractivity contribution is 6.31. The Kier molecular flexibility index (Phi) is 7.54. The van der Waals surface area contributed by atoms with Crippen molar-refractivity contribution >= 4 is 36.0 Å². The van der Waals surface area contributed by atoms with Crippen LogP contribution >= 0.6 is 11.6 Å². The Balaban J connectivity index is 1.75. The molecular weight excluding hydrogens is 420 g/mol. The molecule has 2 heterocycles. The number of nitrogens with zero attached hydrogens (tertiary/aromatic N) is 3. The van der Waals surface area contributed by atoms with E-state index in [4.69, 9.17) is 11.6 Å². The molecule has 1 amide bonds. The van der Waals surface area contributed by atoms with Crippen LogP contribution in [0.1, 0.15) is 56.6 Å². The van der Waals surface area contributed by atoms with Gasteiger partial charge in [-0.1, -0.05) is 17.7 Å². The first-order chi connectivity index (χ1) is 15.3. The monoisotopic (exact) mass is 446 g/mol. The number of carbonyl (C=O) groups is 1. The maximum absolute atomic E-state index is 12.8. The minimum absolute atomic E-state index is 0.138. The van der Waals surface area contributed by atoms with Crippen LogP contribution in [0.25, 0.3) is 6.08 Å². The summed E-state index contributed by atoms with van der Waals surface area (Å²) in [5.41, 5.74) is 8.18. The summed E-state index contributed by atoms with van der Waals surface area (Å²) in [6.07, 6.45) is 4.11. The van der Waals surface area contributed by atoms with E-state index in [1.807, 2.05) is 64.1 Å². The molecule has 164 valence electrons. The molecule has 0 aliphatic carbocycles. The van der Waals surface area contributed by atoms with Crippen LogP contribution in [0.15, 0.2) is 52.6 Å². The quantitative estimate of drug-likeness (QED) is 0.462. The largest absolute Gasteiger partial charge is 0.348 e. The fourth-order valence-electron chi connectivity index (χ4n) is 3.70. The second-order valence-electron chi connectivity index (χ2n) is 7.82. The van der Waals surface area contributed by atoms with Gasteiger partial charge in [0.25, 0.3) is 5.91 Å². The zero-order valence-electron chi connectivity index (χ0n) is 18.9. The van der Waals surface area contributed by atoms with Gasteiger partial charge >= 0.3 is 0 Å². The summed E-state index contributed by atoms with van der Waals surface area (Å²) in [4.78, 5) is 25.8. The van der Waals surface area contributed by atoms with Crippen LogP contribution in [0.3, 0.4) is 0 Å². The molecule has 1 aromatic carbocycles. The molecule has 1 N–H and O–H groups in total. The first-order valence-corrected chi connectivity index (χ1v) is 10.7. The smallest absolute Gasteiger partial charge is 0.251 e. The summed E-state index contributed by atoms with van der Waals surface area (Å²) in [6, 6.07) is 11.5. The second kappa shape index (κ2) is 10.3. The normalized spacial score (nSPS) is 11.3. The number of pyridine rings is 2. The van der Waals surface area contributed by atoms with Crippen molar-refractivity contribution in [2.45, 2.75) is 40.7 Å². The van der Waals surface area contributed by atoms with E-state index in [1.165, 1.54) is 0 Å². The van der Waals surface area contributed by atoms with Crippen LogP contribution in [0.5, 0.6) is 0 Å². The molecule has 0 fully saturated rings.